The van der Waals surface area contributed by atoms with Crippen LogP contribution in [-0.2, 0) is 9.47 Å². The van der Waals surface area contributed by atoms with Gasteiger partial charge in [0.05, 0.1) is 13.2 Å². The largest absolute Gasteiger partial charge is 0.393 e. The Morgan fingerprint density at radius 3 is 3.05 bits per heavy atom. The van der Waals surface area contributed by atoms with E-state index in [0.717, 1.165) is 0 Å². The smallest absolute Gasteiger partial charge is 0.351 e. The second-order valence-electron chi connectivity index (χ2n) is 4.80. The summed E-state index contributed by atoms with van der Waals surface area (Å²) >= 11 is 0. The molecule has 2 bridgehead atoms. The quantitative estimate of drug-likeness (QED) is 0.581. The van der Waals surface area contributed by atoms with Gasteiger partial charge in [0, 0.05) is 12.6 Å². The van der Waals surface area contributed by atoms with Crippen LogP contribution in [0.2, 0.25) is 0 Å². The summed E-state index contributed by atoms with van der Waals surface area (Å²) in [5, 5.41) is 19.6. The zero-order valence-electron chi connectivity index (χ0n) is 10.1. The number of aromatic nitrogens is 2. The van der Waals surface area contributed by atoms with Gasteiger partial charge in [-0.15, -0.1) is 0 Å². The number of aliphatic hydroxyl groups excluding tert-OH is 2. The van der Waals surface area contributed by atoms with Crippen LogP contribution in [0.5, 0.6) is 0 Å². The molecule has 0 spiro atoms. The monoisotopic (exact) mass is 269 g/mol. The summed E-state index contributed by atoms with van der Waals surface area (Å²) in [6.07, 6.45) is -0.693. The molecule has 2 aliphatic rings. The molecule has 0 aromatic carbocycles. The second-order valence-corrected chi connectivity index (χ2v) is 4.80. The summed E-state index contributed by atoms with van der Waals surface area (Å²) in [4.78, 5) is 15.4. The van der Waals surface area contributed by atoms with E-state index in [9.17, 15) is 15.0 Å². The average molecular weight is 269 g/mol. The van der Waals surface area contributed by atoms with Gasteiger partial charge < -0.3 is 25.4 Å². The average Bonchev–Trinajstić information content (AvgIpc) is 2.56. The van der Waals surface area contributed by atoms with E-state index in [-0.39, 0.29) is 12.4 Å². The molecular formula is C11H15N3O5. The third-order valence-corrected chi connectivity index (χ3v) is 3.72. The number of nitrogens with zero attached hydrogens (tertiary/aromatic N) is 2. The van der Waals surface area contributed by atoms with Crippen LogP contribution in [0, 0.1) is 0 Å². The topological polar surface area (TPSA) is 120 Å². The Labute approximate surface area is 108 Å². The summed E-state index contributed by atoms with van der Waals surface area (Å²) < 4.78 is 12.4. The van der Waals surface area contributed by atoms with Crippen LogP contribution in [0.3, 0.4) is 0 Å². The highest BCUT2D eigenvalue weighted by atomic mass is 16.6. The molecule has 0 radical (unpaired) electrons. The number of hydrogen-bond donors (Lipinski definition) is 3. The van der Waals surface area contributed by atoms with Crippen molar-refractivity contribution in [1.82, 2.24) is 9.55 Å². The SMILES string of the molecule is Nc1ccn([C@@H]2O[C@@]3(CO)CCO[C@@H]2[C@@H]3O)c(=O)n1. The van der Waals surface area contributed by atoms with Gasteiger partial charge in [0.25, 0.3) is 0 Å². The Kier molecular flexibility index (Phi) is 2.82. The van der Waals surface area contributed by atoms with Crippen molar-refractivity contribution in [1.29, 1.82) is 0 Å². The lowest BCUT2D eigenvalue weighted by molar-refractivity contribution is -0.144. The Bertz CT molecular complexity index is 547. The lowest BCUT2D eigenvalue weighted by Crippen LogP contribution is -2.51. The van der Waals surface area contributed by atoms with Gasteiger partial charge in [0.2, 0.25) is 0 Å². The third-order valence-electron chi connectivity index (χ3n) is 3.72. The van der Waals surface area contributed by atoms with E-state index in [1.54, 1.807) is 0 Å². The molecule has 3 rings (SSSR count). The number of anilines is 1. The molecule has 8 heteroatoms. The fraction of sp³-hybridized carbons (Fsp3) is 0.636. The molecule has 3 heterocycles. The van der Waals surface area contributed by atoms with Crippen LogP contribution in [0.1, 0.15) is 12.6 Å². The van der Waals surface area contributed by atoms with Gasteiger partial charge in [-0.25, -0.2) is 4.79 Å². The fourth-order valence-corrected chi connectivity index (χ4v) is 2.63. The molecule has 2 saturated heterocycles. The first-order valence-electron chi connectivity index (χ1n) is 6.00. The molecule has 0 aliphatic carbocycles. The molecule has 0 unspecified atom stereocenters. The van der Waals surface area contributed by atoms with Crippen molar-refractivity contribution in [2.24, 2.45) is 0 Å². The summed E-state index contributed by atoms with van der Waals surface area (Å²) in [5.74, 6) is 0.112. The summed E-state index contributed by atoms with van der Waals surface area (Å²) in [7, 11) is 0. The van der Waals surface area contributed by atoms with Gasteiger partial charge in [-0.1, -0.05) is 0 Å². The number of nitrogen functional groups attached to an aromatic ring is 1. The molecule has 19 heavy (non-hydrogen) atoms. The molecule has 0 saturated carbocycles. The van der Waals surface area contributed by atoms with Crippen LogP contribution in [-0.4, -0.2) is 50.8 Å². The standard InChI is InChI=1S/C11H15N3O5/c12-6-1-3-14(10(17)13-6)9-7-8(16)11(5-15,19-9)2-4-18-7/h1,3,7-9,15-16H,2,4-5H2,(H2,12,13,17)/t7-,8+,9-,11-/m1/s1. The van der Waals surface area contributed by atoms with Crippen molar-refractivity contribution < 1.29 is 19.7 Å². The van der Waals surface area contributed by atoms with Crippen molar-refractivity contribution in [2.45, 2.75) is 30.5 Å². The molecule has 2 fully saturated rings. The van der Waals surface area contributed by atoms with Gasteiger partial charge in [-0.3, -0.25) is 4.57 Å². The van der Waals surface area contributed by atoms with Crippen LogP contribution in [0.25, 0.3) is 0 Å². The Balaban J connectivity index is 2.01. The number of fused-ring (bicyclic) bond motifs is 2. The van der Waals surface area contributed by atoms with E-state index in [2.05, 4.69) is 4.98 Å². The van der Waals surface area contributed by atoms with Crippen molar-refractivity contribution in [3.63, 3.8) is 0 Å². The molecular weight excluding hydrogens is 254 g/mol. The minimum Gasteiger partial charge on any atom is -0.393 e. The highest BCUT2D eigenvalue weighted by molar-refractivity contribution is 5.23. The normalized spacial score (nSPS) is 37.5. The molecule has 1 aromatic heterocycles. The highest BCUT2D eigenvalue weighted by Crippen LogP contribution is 2.43. The molecule has 104 valence electrons. The lowest BCUT2D eigenvalue weighted by Gasteiger charge is -2.33. The third kappa shape index (κ3) is 1.76. The fourth-order valence-electron chi connectivity index (χ4n) is 2.63. The Morgan fingerprint density at radius 2 is 2.42 bits per heavy atom. The van der Waals surface area contributed by atoms with Crippen LogP contribution in [0.15, 0.2) is 17.1 Å². The van der Waals surface area contributed by atoms with E-state index >= 15 is 0 Å². The summed E-state index contributed by atoms with van der Waals surface area (Å²) in [6.45, 7) is 0.0254. The first-order valence-corrected chi connectivity index (χ1v) is 6.00. The van der Waals surface area contributed by atoms with Crippen molar-refractivity contribution in [3.05, 3.63) is 22.7 Å². The minimum atomic E-state index is -1.07. The van der Waals surface area contributed by atoms with Crippen LogP contribution >= 0.6 is 0 Å². The molecule has 4 N–H and O–H groups in total. The maximum atomic E-state index is 11.8. The molecule has 8 nitrogen and oxygen atoms in total. The first kappa shape index (κ1) is 12.5. The predicted molar refractivity (Wildman–Crippen MR) is 63.2 cm³/mol. The van der Waals surface area contributed by atoms with Crippen molar-refractivity contribution in [3.8, 4) is 0 Å². The molecule has 1 aromatic rings. The Hall–Kier alpha value is -1.48. The van der Waals surface area contributed by atoms with Crippen molar-refractivity contribution in [2.75, 3.05) is 18.9 Å². The van der Waals surface area contributed by atoms with E-state index in [1.807, 2.05) is 0 Å². The zero-order valence-corrected chi connectivity index (χ0v) is 10.1. The van der Waals surface area contributed by atoms with Gasteiger partial charge >= 0.3 is 5.69 Å². The van der Waals surface area contributed by atoms with Gasteiger partial charge in [0.1, 0.15) is 23.6 Å². The maximum absolute atomic E-state index is 11.8. The zero-order chi connectivity index (χ0) is 13.6. The van der Waals surface area contributed by atoms with Crippen molar-refractivity contribution >= 4 is 5.82 Å². The number of aliphatic hydroxyl groups is 2. The first-order chi connectivity index (χ1) is 9.07. The Morgan fingerprint density at radius 1 is 1.63 bits per heavy atom. The van der Waals surface area contributed by atoms with E-state index in [1.165, 1.54) is 16.8 Å². The van der Waals surface area contributed by atoms with Crippen LogP contribution < -0.4 is 11.4 Å². The number of rotatable bonds is 2. The molecule has 4 atom stereocenters. The summed E-state index contributed by atoms with van der Waals surface area (Å²) in [5.41, 5.74) is 3.77. The highest BCUT2D eigenvalue weighted by Gasteiger charge is 2.58. The lowest BCUT2D eigenvalue weighted by atomic mass is 9.90. The van der Waals surface area contributed by atoms with Gasteiger partial charge in [-0.2, -0.15) is 4.98 Å². The summed E-state index contributed by atoms with van der Waals surface area (Å²) in [6, 6.07) is 1.46. The molecule has 0 amide bonds. The predicted octanol–water partition coefficient (Wildman–Crippen LogP) is -1.76. The maximum Gasteiger partial charge on any atom is 0.351 e. The van der Waals surface area contributed by atoms with E-state index < -0.39 is 29.7 Å². The second kappa shape index (κ2) is 4.27. The van der Waals surface area contributed by atoms with Gasteiger partial charge in [-0.05, 0) is 6.07 Å². The van der Waals surface area contributed by atoms with E-state index in [0.29, 0.717) is 13.0 Å². The number of ether oxygens (including phenoxy) is 2. The van der Waals surface area contributed by atoms with E-state index in [4.69, 9.17) is 15.2 Å². The minimum absolute atomic E-state index is 0.112. The number of hydrogen-bond acceptors (Lipinski definition) is 7. The van der Waals surface area contributed by atoms with Gasteiger partial charge in [0.15, 0.2) is 6.23 Å². The molecule has 2 aliphatic heterocycles. The van der Waals surface area contributed by atoms with Crippen LogP contribution in [0.4, 0.5) is 5.82 Å². The number of nitrogens with two attached hydrogens (primary N) is 1.